The molecule has 0 saturated carbocycles. The summed E-state index contributed by atoms with van der Waals surface area (Å²) in [6, 6.07) is 6.26. The van der Waals surface area contributed by atoms with Crippen LogP contribution in [0.5, 0.6) is 0 Å². The molecule has 1 aliphatic rings. The molecule has 1 saturated heterocycles. The molecule has 0 amide bonds. The zero-order chi connectivity index (χ0) is 12.1. The average molecular weight is 233 g/mol. The van der Waals surface area contributed by atoms with E-state index < -0.39 is 0 Å². The van der Waals surface area contributed by atoms with Crippen LogP contribution >= 0.6 is 0 Å². The van der Waals surface area contributed by atoms with Crippen LogP contribution in [0.15, 0.2) is 18.2 Å². The maximum atomic E-state index is 4.55. The van der Waals surface area contributed by atoms with Crippen LogP contribution in [0.4, 0.5) is 0 Å². The van der Waals surface area contributed by atoms with Crippen LogP contribution in [-0.2, 0) is 6.54 Å². The minimum Gasteiger partial charge on any atom is -0.317 e. The van der Waals surface area contributed by atoms with Gasteiger partial charge in [-0.2, -0.15) is 0 Å². The van der Waals surface area contributed by atoms with Gasteiger partial charge in [-0.1, -0.05) is 6.07 Å². The third-order valence-corrected chi connectivity index (χ3v) is 3.41. The second-order valence-corrected chi connectivity index (χ2v) is 5.16. The van der Waals surface area contributed by atoms with Gasteiger partial charge >= 0.3 is 0 Å². The Kier molecular flexibility index (Phi) is 4.51. The van der Waals surface area contributed by atoms with Gasteiger partial charge in [0.1, 0.15) is 0 Å². The average Bonchev–Trinajstić information content (AvgIpc) is 2.30. The first-order chi connectivity index (χ1) is 8.24. The van der Waals surface area contributed by atoms with E-state index in [2.05, 4.69) is 47.4 Å². The summed E-state index contributed by atoms with van der Waals surface area (Å²) < 4.78 is 0. The lowest BCUT2D eigenvalue weighted by Crippen LogP contribution is -2.34. The molecule has 3 heteroatoms. The molecule has 94 valence electrons. The van der Waals surface area contributed by atoms with E-state index in [9.17, 15) is 0 Å². The molecule has 0 bridgehead atoms. The number of rotatable bonds is 4. The Labute approximate surface area is 104 Å². The van der Waals surface area contributed by atoms with Gasteiger partial charge in [-0.15, -0.1) is 0 Å². The molecule has 2 rings (SSSR count). The third kappa shape index (κ3) is 4.10. The number of hydrogen-bond acceptors (Lipinski definition) is 3. The van der Waals surface area contributed by atoms with Crippen molar-refractivity contribution in [3.63, 3.8) is 0 Å². The van der Waals surface area contributed by atoms with Gasteiger partial charge in [0.15, 0.2) is 0 Å². The molecular weight excluding hydrogens is 210 g/mol. The lowest BCUT2D eigenvalue weighted by molar-refractivity contribution is 0.232. The maximum absolute atomic E-state index is 4.55. The number of piperidine rings is 1. The third-order valence-electron chi connectivity index (χ3n) is 3.41. The molecule has 2 heterocycles. The Hall–Kier alpha value is -0.930. The second-order valence-electron chi connectivity index (χ2n) is 5.16. The van der Waals surface area contributed by atoms with Crippen molar-refractivity contribution in [2.24, 2.45) is 5.92 Å². The van der Waals surface area contributed by atoms with Crippen molar-refractivity contribution in [1.82, 2.24) is 15.2 Å². The second kappa shape index (κ2) is 6.12. The Morgan fingerprint density at radius 2 is 2.12 bits per heavy atom. The van der Waals surface area contributed by atoms with Crippen LogP contribution in [0.1, 0.15) is 24.2 Å². The molecule has 0 unspecified atom stereocenters. The van der Waals surface area contributed by atoms with E-state index in [1.807, 2.05) is 0 Å². The lowest BCUT2D eigenvalue weighted by atomic mass is 9.98. The molecule has 0 atom stereocenters. The molecule has 0 spiro atoms. The van der Waals surface area contributed by atoms with Gasteiger partial charge in [0.25, 0.3) is 0 Å². The predicted molar refractivity (Wildman–Crippen MR) is 70.9 cm³/mol. The van der Waals surface area contributed by atoms with Crippen molar-refractivity contribution in [1.29, 1.82) is 0 Å². The number of aryl methyl sites for hydroxylation is 1. The highest BCUT2D eigenvalue weighted by molar-refractivity contribution is 5.09. The fourth-order valence-electron chi connectivity index (χ4n) is 2.53. The summed E-state index contributed by atoms with van der Waals surface area (Å²) in [5.41, 5.74) is 2.29. The summed E-state index contributed by atoms with van der Waals surface area (Å²) in [7, 11) is 2.20. The molecule has 0 radical (unpaired) electrons. The highest BCUT2D eigenvalue weighted by Gasteiger charge is 2.15. The van der Waals surface area contributed by atoms with Gasteiger partial charge in [-0.3, -0.25) is 4.98 Å². The van der Waals surface area contributed by atoms with E-state index in [-0.39, 0.29) is 0 Å². The van der Waals surface area contributed by atoms with Crippen LogP contribution in [0.2, 0.25) is 0 Å². The van der Waals surface area contributed by atoms with Crippen molar-refractivity contribution in [2.45, 2.75) is 26.3 Å². The SMILES string of the molecule is Cc1cccc(CN(C)CC2CCNCC2)n1. The lowest BCUT2D eigenvalue weighted by Gasteiger charge is -2.27. The summed E-state index contributed by atoms with van der Waals surface area (Å²) in [5, 5.41) is 3.41. The standard InChI is InChI=1S/C14H23N3/c1-12-4-3-5-14(16-12)11-17(2)10-13-6-8-15-9-7-13/h3-5,13,15H,6-11H2,1-2H3. The summed E-state index contributed by atoms with van der Waals surface area (Å²) >= 11 is 0. The zero-order valence-corrected chi connectivity index (χ0v) is 10.9. The van der Waals surface area contributed by atoms with Crippen LogP contribution in [0, 0.1) is 12.8 Å². The van der Waals surface area contributed by atoms with Crippen molar-refractivity contribution in [3.8, 4) is 0 Å². The van der Waals surface area contributed by atoms with Gasteiger partial charge in [-0.05, 0) is 58.0 Å². The monoisotopic (exact) mass is 233 g/mol. The normalized spacial score (nSPS) is 17.6. The Morgan fingerprint density at radius 3 is 2.82 bits per heavy atom. The minimum atomic E-state index is 0.853. The van der Waals surface area contributed by atoms with Crippen molar-refractivity contribution in [3.05, 3.63) is 29.6 Å². The van der Waals surface area contributed by atoms with Gasteiger partial charge in [-0.25, -0.2) is 0 Å². The number of pyridine rings is 1. The molecule has 0 aromatic carbocycles. The van der Waals surface area contributed by atoms with Crippen LogP contribution in [-0.4, -0.2) is 36.6 Å². The van der Waals surface area contributed by atoms with Crippen LogP contribution in [0.25, 0.3) is 0 Å². The van der Waals surface area contributed by atoms with Crippen molar-refractivity contribution in [2.75, 3.05) is 26.7 Å². The quantitative estimate of drug-likeness (QED) is 0.860. The van der Waals surface area contributed by atoms with Gasteiger partial charge in [0, 0.05) is 18.8 Å². The number of nitrogens with one attached hydrogen (secondary N) is 1. The minimum absolute atomic E-state index is 0.853. The van der Waals surface area contributed by atoms with Gasteiger partial charge < -0.3 is 10.2 Å². The van der Waals surface area contributed by atoms with Crippen molar-refractivity contribution < 1.29 is 0 Å². The molecular formula is C14H23N3. The van der Waals surface area contributed by atoms with E-state index in [0.29, 0.717) is 0 Å². The van der Waals surface area contributed by atoms with E-state index in [1.165, 1.54) is 38.2 Å². The summed E-state index contributed by atoms with van der Waals surface area (Å²) in [4.78, 5) is 6.95. The summed E-state index contributed by atoms with van der Waals surface area (Å²) in [6.07, 6.45) is 2.62. The molecule has 1 aromatic rings. The topological polar surface area (TPSA) is 28.2 Å². The predicted octanol–water partition coefficient (Wildman–Crippen LogP) is 1.82. The Bertz CT molecular complexity index is 345. The highest BCUT2D eigenvalue weighted by atomic mass is 15.1. The van der Waals surface area contributed by atoms with Crippen LogP contribution in [0.3, 0.4) is 0 Å². The molecule has 17 heavy (non-hydrogen) atoms. The van der Waals surface area contributed by atoms with E-state index in [1.54, 1.807) is 0 Å². The van der Waals surface area contributed by atoms with E-state index in [4.69, 9.17) is 0 Å². The highest BCUT2D eigenvalue weighted by Crippen LogP contribution is 2.13. The van der Waals surface area contributed by atoms with Gasteiger partial charge in [0.05, 0.1) is 5.69 Å². The van der Waals surface area contributed by atoms with E-state index in [0.717, 1.165) is 18.2 Å². The summed E-state index contributed by atoms with van der Waals surface area (Å²) in [6.45, 7) is 6.57. The fourth-order valence-corrected chi connectivity index (χ4v) is 2.53. The number of aromatic nitrogens is 1. The molecule has 1 aliphatic heterocycles. The zero-order valence-electron chi connectivity index (χ0n) is 10.9. The molecule has 1 N–H and O–H groups in total. The number of nitrogens with zero attached hydrogens (tertiary/aromatic N) is 2. The smallest absolute Gasteiger partial charge is 0.0547 e. The molecule has 1 fully saturated rings. The van der Waals surface area contributed by atoms with Crippen molar-refractivity contribution >= 4 is 0 Å². The van der Waals surface area contributed by atoms with Crippen LogP contribution < -0.4 is 5.32 Å². The Morgan fingerprint density at radius 1 is 1.35 bits per heavy atom. The van der Waals surface area contributed by atoms with Gasteiger partial charge in [0.2, 0.25) is 0 Å². The first-order valence-corrected chi connectivity index (χ1v) is 6.56. The first kappa shape index (κ1) is 12.5. The largest absolute Gasteiger partial charge is 0.317 e. The molecule has 1 aromatic heterocycles. The van der Waals surface area contributed by atoms with E-state index >= 15 is 0 Å². The Balaban J connectivity index is 1.82. The molecule has 0 aliphatic carbocycles. The summed E-state index contributed by atoms with van der Waals surface area (Å²) in [5.74, 6) is 0.853. The molecule has 3 nitrogen and oxygen atoms in total. The first-order valence-electron chi connectivity index (χ1n) is 6.56. The maximum Gasteiger partial charge on any atom is 0.0547 e. The fraction of sp³-hybridized carbons (Fsp3) is 0.643. The number of hydrogen-bond donors (Lipinski definition) is 1.